The van der Waals surface area contributed by atoms with Crippen molar-refractivity contribution in [3.63, 3.8) is 0 Å². The molecule has 1 aliphatic rings. The van der Waals surface area contributed by atoms with Gasteiger partial charge in [-0.05, 0) is 43.5 Å². The Morgan fingerprint density at radius 2 is 1.73 bits per heavy atom. The van der Waals surface area contributed by atoms with Crippen LogP contribution in [0.5, 0.6) is 5.75 Å². The second kappa shape index (κ2) is 9.05. The first-order valence-corrected chi connectivity index (χ1v) is 10.8. The lowest BCUT2D eigenvalue weighted by Crippen LogP contribution is -2.41. The van der Waals surface area contributed by atoms with Crippen LogP contribution in [0.15, 0.2) is 60.7 Å². The minimum absolute atomic E-state index is 0.0812. The van der Waals surface area contributed by atoms with Gasteiger partial charge in [-0.25, -0.2) is 13.1 Å². The Bertz CT molecular complexity index is 766. The Morgan fingerprint density at radius 1 is 1.04 bits per heavy atom. The highest BCUT2D eigenvalue weighted by Crippen LogP contribution is 2.24. The molecular formula is C20H26N2O3S. The molecule has 26 heavy (non-hydrogen) atoms. The summed E-state index contributed by atoms with van der Waals surface area (Å²) in [4.78, 5) is 2.29. The maximum atomic E-state index is 12.3. The van der Waals surface area contributed by atoms with Gasteiger partial charge in [0.25, 0.3) is 0 Å². The molecule has 2 aromatic carbocycles. The first kappa shape index (κ1) is 18.7. The molecule has 1 aliphatic heterocycles. The maximum Gasteiger partial charge on any atom is 0.211 e. The number of nitrogens with one attached hydrogen (secondary N) is 1. The molecule has 1 N–H and O–H groups in total. The highest BCUT2D eigenvalue weighted by atomic mass is 32.2. The van der Waals surface area contributed by atoms with Crippen LogP contribution in [0.1, 0.15) is 19.3 Å². The molecule has 2 aromatic rings. The highest BCUT2D eigenvalue weighted by molar-refractivity contribution is 7.89. The molecule has 1 fully saturated rings. The van der Waals surface area contributed by atoms with Crippen molar-refractivity contribution in [2.45, 2.75) is 25.3 Å². The van der Waals surface area contributed by atoms with Crippen LogP contribution in [0.4, 0.5) is 5.69 Å². The third kappa shape index (κ3) is 5.47. The zero-order valence-corrected chi connectivity index (χ0v) is 15.7. The summed E-state index contributed by atoms with van der Waals surface area (Å²) in [5.74, 6) is 0.847. The smallest absolute Gasteiger partial charge is 0.211 e. The summed E-state index contributed by atoms with van der Waals surface area (Å²) in [6, 6.07) is 19.8. The lowest BCUT2D eigenvalue weighted by molar-refractivity contribution is 0.317. The van der Waals surface area contributed by atoms with Crippen molar-refractivity contribution < 1.29 is 13.2 Å². The molecule has 3 rings (SSSR count). The van der Waals surface area contributed by atoms with E-state index in [1.807, 2.05) is 48.5 Å². The van der Waals surface area contributed by atoms with Crippen molar-refractivity contribution in [2.24, 2.45) is 0 Å². The van der Waals surface area contributed by atoms with Crippen molar-refractivity contribution in [1.29, 1.82) is 0 Å². The van der Waals surface area contributed by atoms with Crippen molar-refractivity contribution >= 4 is 15.7 Å². The molecule has 0 unspecified atom stereocenters. The number of para-hydroxylation sites is 2. The van der Waals surface area contributed by atoms with Crippen LogP contribution in [0.3, 0.4) is 0 Å². The zero-order chi connectivity index (χ0) is 18.2. The third-order valence-electron chi connectivity index (χ3n) is 4.57. The number of anilines is 1. The monoisotopic (exact) mass is 374 g/mol. The van der Waals surface area contributed by atoms with Gasteiger partial charge in [-0.2, -0.15) is 0 Å². The minimum atomic E-state index is -3.29. The SMILES string of the molecule is O=S(=O)(CCCOc1ccccc1)NC[C@@H]1CCCN1c1ccccc1. The Morgan fingerprint density at radius 3 is 2.46 bits per heavy atom. The molecule has 0 bridgehead atoms. The van der Waals surface area contributed by atoms with Crippen LogP contribution >= 0.6 is 0 Å². The van der Waals surface area contributed by atoms with Crippen LogP contribution in [-0.2, 0) is 10.0 Å². The fraction of sp³-hybridized carbons (Fsp3) is 0.400. The first-order chi connectivity index (χ1) is 12.6. The van der Waals surface area contributed by atoms with Crippen molar-refractivity contribution in [3.8, 4) is 5.75 Å². The quantitative estimate of drug-likeness (QED) is 0.686. The Hall–Kier alpha value is -2.05. The van der Waals surface area contributed by atoms with Crippen LogP contribution in [0, 0.1) is 0 Å². The predicted octanol–water partition coefficient (Wildman–Crippen LogP) is 3.04. The summed E-state index contributed by atoms with van der Waals surface area (Å²) < 4.78 is 32.8. The molecule has 1 saturated heterocycles. The van der Waals surface area contributed by atoms with E-state index in [0.29, 0.717) is 19.6 Å². The number of benzene rings is 2. The van der Waals surface area contributed by atoms with Gasteiger partial charge in [0.2, 0.25) is 10.0 Å². The van der Waals surface area contributed by atoms with E-state index >= 15 is 0 Å². The number of hydrogen-bond acceptors (Lipinski definition) is 4. The molecule has 6 heteroatoms. The topological polar surface area (TPSA) is 58.6 Å². The van der Waals surface area contributed by atoms with E-state index in [2.05, 4.69) is 21.8 Å². The van der Waals surface area contributed by atoms with Crippen molar-refractivity contribution in [3.05, 3.63) is 60.7 Å². The van der Waals surface area contributed by atoms with E-state index in [1.54, 1.807) is 0 Å². The van der Waals surface area contributed by atoms with Gasteiger partial charge in [0.15, 0.2) is 0 Å². The van der Waals surface area contributed by atoms with E-state index < -0.39 is 10.0 Å². The molecule has 140 valence electrons. The Labute approximate surface area is 156 Å². The van der Waals surface area contributed by atoms with E-state index in [9.17, 15) is 8.42 Å². The fourth-order valence-corrected chi connectivity index (χ4v) is 4.35. The second-order valence-corrected chi connectivity index (χ2v) is 8.43. The largest absolute Gasteiger partial charge is 0.494 e. The van der Waals surface area contributed by atoms with Gasteiger partial charge in [-0.3, -0.25) is 0 Å². The van der Waals surface area contributed by atoms with Gasteiger partial charge in [0.05, 0.1) is 12.4 Å². The van der Waals surface area contributed by atoms with Crippen molar-refractivity contribution in [1.82, 2.24) is 4.72 Å². The average molecular weight is 375 g/mol. The molecule has 0 radical (unpaired) electrons. The third-order valence-corrected chi connectivity index (χ3v) is 6.01. The standard InChI is InChI=1S/C20H26N2O3S/c23-26(24,16-8-15-25-20-12-5-2-6-13-20)21-17-19-11-7-14-22(19)18-9-3-1-4-10-18/h1-6,9-10,12-13,19,21H,7-8,11,14-17H2/t19-/m0/s1. The normalized spacial score (nSPS) is 17.4. The minimum Gasteiger partial charge on any atom is -0.494 e. The fourth-order valence-electron chi connectivity index (χ4n) is 3.26. The Balaban J connectivity index is 1.42. The van der Waals surface area contributed by atoms with Gasteiger partial charge < -0.3 is 9.64 Å². The van der Waals surface area contributed by atoms with Gasteiger partial charge >= 0.3 is 0 Å². The number of sulfonamides is 1. The average Bonchev–Trinajstić information content (AvgIpc) is 3.14. The summed E-state index contributed by atoms with van der Waals surface area (Å²) in [6.45, 7) is 1.82. The summed E-state index contributed by atoms with van der Waals surface area (Å²) in [7, 11) is -3.29. The molecule has 5 nitrogen and oxygen atoms in total. The van der Waals surface area contributed by atoms with E-state index in [1.165, 1.54) is 0 Å². The van der Waals surface area contributed by atoms with Gasteiger partial charge in [-0.15, -0.1) is 0 Å². The van der Waals surface area contributed by atoms with Crippen molar-refractivity contribution in [2.75, 3.05) is 30.3 Å². The molecule has 0 amide bonds. The zero-order valence-electron chi connectivity index (χ0n) is 14.9. The summed E-state index contributed by atoms with van der Waals surface area (Å²) in [5, 5.41) is 0. The number of nitrogens with zero attached hydrogens (tertiary/aromatic N) is 1. The Kier molecular flexibility index (Phi) is 6.52. The summed E-state index contributed by atoms with van der Waals surface area (Å²) >= 11 is 0. The van der Waals surface area contributed by atoms with Crippen LogP contribution < -0.4 is 14.4 Å². The lowest BCUT2D eigenvalue weighted by Gasteiger charge is -2.27. The highest BCUT2D eigenvalue weighted by Gasteiger charge is 2.25. The summed E-state index contributed by atoms with van der Waals surface area (Å²) in [6.07, 6.45) is 2.57. The van der Waals surface area contributed by atoms with Crippen LogP contribution in [-0.4, -0.2) is 39.9 Å². The molecule has 0 aromatic heterocycles. The molecule has 0 spiro atoms. The molecule has 0 saturated carbocycles. The first-order valence-electron chi connectivity index (χ1n) is 9.11. The van der Waals surface area contributed by atoms with Gasteiger partial charge in [0.1, 0.15) is 5.75 Å². The van der Waals surface area contributed by atoms with E-state index in [0.717, 1.165) is 30.8 Å². The predicted molar refractivity (Wildman–Crippen MR) is 105 cm³/mol. The van der Waals surface area contributed by atoms with Crippen LogP contribution in [0.25, 0.3) is 0 Å². The molecule has 0 aliphatic carbocycles. The molecule has 1 heterocycles. The number of ether oxygens (including phenoxy) is 1. The second-order valence-electron chi connectivity index (χ2n) is 6.51. The lowest BCUT2D eigenvalue weighted by atomic mass is 10.2. The van der Waals surface area contributed by atoms with E-state index in [-0.39, 0.29) is 11.8 Å². The molecule has 1 atom stereocenters. The number of rotatable bonds is 9. The van der Waals surface area contributed by atoms with Crippen LogP contribution in [0.2, 0.25) is 0 Å². The summed E-state index contributed by atoms with van der Waals surface area (Å²) in [5.41, 5.74) is 1.16. The van der Waals surface area contributed by atoms with E-state index in [4.69, 9.17) is 4.74 Å². The van der Waals surface area contributed by atoms with Gasteiger partial charge in [0, 0.05) is 24.8 Å². The number of hydrogen-bond donors (Lipinski definition) is 1. The van der Waals surface area contributed by atoms with Gasteiger partial charge in [-0.1, -0.05) is 36.4 Å². The molecular weight excluding hydrogens is 348 g/mol. The maximum absolute atomic E-state index is 12.3.